The molecule has 0 aromatic carbocycles. The highest BCUT2D eigenvalue weighted by Gasteiger charge is 2.15. The van der Waals surface area contributed by atoms with Gasteiger partial charge in [0.15, 0.2) is 0 Å². The molecular weight excluding hydrogens is 202 g/mol. The number of carbonyl (C=O) groups excluding carboxylic acids is 1. The van der Waals surface area contributed by atoms with Gasteiger partial charge in [-0.15, -0.1) is 0 Å². The molecule has 0 spiro atoms. The molecule has 0 aliphatic heterocycles. The molecule has 1 N–H and O–H groups in total. The number of Topliss-reactive ketones (excluding diaryl/α,β-unsaturated/α-hetero) is 1. The first-order valence-corrected chi connectivity index (χ1v) is 6.67. The Morgan fingerprint density at radius 1 is 1.46 bits per heavy atom. The van der Waals surface area contributed by atoms with Crippen LogP contribution in [0.25, 0.3) is 0 Å². The molecule has 0 aliphatic carbocycles. The van der Waals surface area contributed by atoms with Crippen LogP contribution in [-0.2, 0) is 4.79 Å². The highest BCUT2D eigenvalue weighted by molar-refractivity contribution is 8.77. The van der Waals surface area contributed by atoms with Crippen molar-refractivity contribution < 1.29 is 4.79 Å². The maximum Gasteiger partial charge on any atom is 0.147 e. The number of likely N-dealkylation sites (N-methyl/N-ethyl adjacent to an activating group) is 1. The molecule has 0 fully saturated rings. The zero-order chi connectivity index (χ0) is 10.5. The minimum atomic E-state index is -0.000139. The second kappa shape index (κ2) is 5.94. The van der Waals surface area contributed by atoms with E-state index in [9.17, 15) is 4.79 Å². The molecule has 0 aromatic heterocycles. The average molecular weight is 221 g/mol. The lowest BCUT2D eigenvalue weighted by atomic mass is 10.2. The second-order valence-corrected chi connectivity index (χ2v) is 7.10. The molecule has 0 heterocycles. The summed E-state index contributed by atoms with van der Waals surface area (Å²) >= 11 is 0. The highest BCUT2D eigenvalue weighted by Crippen LogP contribution is 2.35. The van der Waals surface area contributed by atoms with Gasteiger partial charge in [0.2, 0.25) is 0 Å². The van der Waals surface area contributed by atoms with E-state index in [2.05, 4.69) is 26.1 Å². The summed E-state index contributed by atoms with van der Waals surface area (Å²) in [6, 6.07) is -0.000139. The van der Waals surface area contributed by atoms with Gasteiger partial charge in [0, 0.05) is 10.5 Å². The number of ketones is 1. The highest BCUT2D eigenvalue weighted by atomic mass is 33.1. The van der Waals surface area contributed by atoms with Crippen LogP contribution in [0.2, 0.25) is 0 Å². The minimum absolute atomic E-state index is 0.000139. The van der Waals surface area contributed by atoms with E-state index in [-0.39, 0.29) is 16.6 Å². The fourth-order valence-electron chi connectivity index (χ4n) is 0.683. The summed E-state index contributed by atoms with van der Waals surface area (Å²) in [5, 5.41) is 3.00. The van der Waals surface area contributed by atoms with E-state index in [0.717, 1.165) is 5.75 Å². The lowest BCUT2D eigenvalue weighted by Crippen LogP contribution is -2.34. The molecule has 1 atom stereocenters. The van der Waals surface area contributed by atoms with Crippen molar-refractivity contribution in [2.45, 2.75) is 38.5 Å². The average Bonchev–Trinajstić information content (AvgIpc) is 1.95. The fraction of sp³-hybridized carbons (Fsp3) is 0.889. The first-order chi connectivity index (χ1) is 5.87. The molecule has 0 radical (unpaired) electrons. The molecule has 0 aromatic rings. The molecule has 0 amide bonds. The van der Waals surface area contributed by atoms with Crippen molar-refractivity contribution in [3.63, 3.8) is 0 Å². The topological polar surface area (TPSA) is 29.1 Å². The zero-order valence-corrected chi connectivity index (χ0v) is 10.6. The van der Waals surface area contributed by atoms with Crippen molar-refractivity contribution in [2.75, 3.05) is 12.8 Å². The van der Waals surface area contributed by atoms with Gasteiger partial charge in [-0.2, -0.15) is 0 Å². The third-order valence-electron chi connectivity index (χ3n) is 1.38. The Morgan fingerprint density at radius 2 is 2.00 bits per heavy atom. The quantitative estimate of drug-likeness (QED) is 0.722. The summed E-state index contributed by atoms with van der Waals surface area (Å²) in [6.45, 7) is 8.15. The zero-order valence-electron chi connectivity index (χ0n) is 9.01. The van der Waals surface area contributed by atoms with Gasteiger partial charge in [-0.3, -0.25) is 4.79 Å². The molecule has 0 bridgehead atoms. The van der Waals surface area contributed by atoms with Crippen LogP contribution in [0.4, 0.5) is 0 Å². The number of hydrogen-bond acceptors (Lipinski definition) is 4. The summed E-state index contributed by atoms with van der Waals surface area (Å²) in [5.41, 5.74) is 0. The van der Waals surface area contributed by atoms with E-state index >= 15 is 0 Å². The van der Waals surface area contributed by atoms with Crippen LogP contribution in [-0.4, -0.2) is 29.4 Å². The minimum Gasteiger partial charge on any atom is -0.310 e. The van der Waals surface area contributed by atoms with Gasteiger partial charge < -0.3 is 5.32 Å². The molecule has 0 unspecified atom stereocenters. The van der Waals surface area contributed by atoms with Crippen LogP contribution >= 0.6 is 21.6 Å². The third-order valence-corrected chi connectivity index (χ3v) is 4.73. The Hall–Kier alpha value is 0.330. The molecule has 13 heavy (non-hydrogen) atoms. The number of hydrogen-bond donors (Lipinski definition) is 1. The monoisotopic (exact) mass is 221 g/mol. The van der Waals surface area contributed by atoms with E-state index in [1.165, 1.54) is 0 Å². The fourth-order valence-corrected chi connectivity index (χ4v) is 3.31. The van der Waals surface area contributed by atoms with Gasteiger partial charge in [-0.25, -0.2) is 0 Å². The van der Waals surface area contributed by atoms with Crippen LogP contribution in [0.5, 0.6) is 0 Å². The Labute approximate surface area is 89.0 Å². The predicted molar refractivity (Wildman–Crippen MR) is 63.3 cm³/mol. The van der Waals surface area contributed by atoms with Crippen LogP contribution in [0.15, 0.2) is 0 Å². The Bertz CT molecular complexity index is 165. The molecule has 0 rings (SSSR count). The maximum absolute atomic E-state index is 11.0. The van der Waals surface area contributed by atoms with Crippen molar-refractivity contribution in [1.29, 1.82) is 0 Å². The normalized spacial score (nSPS) is 14.2. The van der Waals surface area contributed by atoms with Crippen molar-refractivity contribution in [3.05, 3.63) is 0 Å². The van der Waals surface area contributed by atoms with Crippen molar-refractivity contribution in [2.24, 2.45) is 0 Å². The first kappa shape index (κ1) is 13.3. The molecule has 0 saturated heterocycles. The van der Waals surface area contributed by atoms with Crippen molar-refractivity contribution in [1.82, 2.24) is 5.32 Å². The van der Waals surface area contributed by atoms with Gasteiger partial charge >= 0.3 is 0 Å². The standard InChI is InChI=1S/C9H19NOS2/c1-7(11)8(10-5)6-12-13-9(2,3)4/h8,10H,6H2,1-5H3/t8-/m0/s1. The predicted octanol–water partition coefficient (Wildman–Crippen LogP) is 2.34. The summed E-state index contributed by atoms with van der Waals surface area (Å²) in [7, 11) is 5.40. The lowest BCUT2D eigenvalue weighted by molar-refractivity contribution is -0.118. The van der Waals surface area contributed by atoms with Crippen LogP contribution in [0.1, 0.15) is 27.7 Å². The Kier molecular flexibility index (Phi) is 6.09. The number of rotatable bonds is 5. The SMILES string of the molecule is CN[C@@H](CSSC(C)(C)C)C(C)=O. The van der Waals surface area contributed by atoms with E-state index < -0.39 is 0 Å². The molecular formula is C9H19NOS2. The molecule has 78 valence electrons. The summed E-state index contributed by atoms with van der Waals surface area (Å²) < 4.78 is 0.264. The van der Waals surface area contributed by atoms with E-state index in [1.54, 1.807) is 17.7 Å². The molecule has 4 heteroatoms. The van der Waals surface area contributed by atoms with Crippen molar-refractivity contribution >= 4 is 27.4 Å². The summed E-state index contributed by atoms with van der Waals surface area (Å²) in [6.07, 6.45) is 0. The van der Waals surface area contributed by atoms with Crippen LogP contribution in [0, 0.1) is 0 Å². The molecule has 2 nitrogen and oxygen atoms in total. The Morgan fingerprint density at radius 3 is 2.31 bits per heavy atom. The van der Waals surface area contributed by atoms with Crippen LogP contribution < -0.4 is 5.32 Å². The summed E-state index contributed by atoms with van der Waals surface area (Å²) in [5.74, 6) is 1.05. The Balaban J connectivity index is 3.68. The lowest BCUT2D eigenvalue weighted by Gasteiger charge is -2.18. The summed E-state index contributed by atoms with van der Waals surface area (Å²) in [4.78, 5) is 11.0. The number of nitrogens with one attached hydrogen (secondary N) is 1. The van der Waals surface area contributed by atoms with Gasteiger partial charge in [0.1, 0.15) is 5.78 Å². The smallest absolute Gasteiger partial charge is 0.147 e. The number of carbonyl (C=O) groups is 1. The van der Waals surface area contributed by atoms with Gasteiger partial charge in [-0.1, -0.05) is 42.4 Å². The van der Waals surface area contributed by atoms with Gasteiger partial charge in [0.05, 0.1) is 6.04 Å². The first-order valence-electron chi connectivity index (χ1n) is 4.35. The molecule has 0 saturated carbocycles. The van der Waals surface area contributed by atoms with E-state index in [1.807, 2.05) is 17.8 Å². The van der Waals surface area contributed by atoms with E-state index in [0.29, 0.717) is 0 Å². The molecule has 0 aliphatic rings. The van der Waals surface area contributed by atoms with E-state index in [4.69, 9.17) is 0 Å². The second-order valence-electron chi connectivity index (χ2n) is 3.93. The third kappa shape index (κ3) is 7.40. The largest absolute Gasteiger partial charge is 0.310 e. The van der Waals surface area contributed by atoms with Gasteiger partial charge in [0.25, 0.3) is 0 Å². The van der Waals surface area contributed by atoms with Gasteiger partial charge in [-0.05, 0) is 14.0 Å². The van der Waals surface area contributed by atoms with Crippen LogP contribution in [0.3, 0.4) is 0 Å². The maximum atomic E-state index is 11.0. The van der Waals surface area contributed by atoms with Crippen molar-refractivity contribution in [3.8, 4) is 0 Å².